The SMILES string of the molecule is Cn1cnnc1C1CCN(c2cc(C#N)nc3ccccc23)CC1. The predicted octanol–water partition coefficient (Wildman–Crippen LogP) is 2.62. The number of aryl methyl sites for hydroxylation is 1. The van der Waals surface area contributed by atoms with Crippen LogP contribution < -0.4 is 4.90 Å². The van der Waals surface area contributed by atoms with Crippen molar-refractivity contribution in [1.29, 1.82) is 5.26 Å². The van der Waals surface area contributed by atoms with Crippen LogP contribution in [0.3, 0.4) is 0 Å². The maximum Gasteiger partial charge on any atom is 0.143 e. The topological polar surface area (TPSA) is 70.6 Å². The molecule has 0 amide bonds. The zero-order valence-electron chi connectivity index (χ0n) is 13.6. The Morgan fingerprint density at radius 1 is 1.21 bits per heavy atom. The Morgan fingerprint density at radius 3 is 2.71 bits per heavy atom. The molecule has 1 fully saturated rings. The van der Waals surface area contributed by atoms with E-state index >= 15 is 0 Å². The Morgan fingerprint density at radius 2 is 2.00 bits per heavy atom. The van der Waals surface area contributed by atoms with Gasteiger partial charge in [0.05, 0.1) is 5.52 Å². The molecule has 1 aromatic carbocycles. The highest BCUT2D eigenvalue weighted by molar-refractivity contribution is 5.92. The summed E-state index contributed by atoms with van der Waals surface area (Å²) >= 11 is 0. The third-order valence-electron chi connectivity index (χ3n) is 4.76. The van der Waals surface area contributed by atoms with Gasteiger partial charge in [-0.25, -0.2) is 4.98 Å². The van der Waals surface area contributed by atoms with Crippen LogP contribution in [0.25, 0.3) is 10.9 Å². The molecule has 6 nitrogen and oxygen atoms in total. The molecule has 0 saturated carbocycles. The van der Waals surface area contributed by atoms with E-state index in [4.69, 9.17) is 0 Å². The van der Waals surface area contributed by atoms with E-state index in [9.17, 15) is 5.26 Å². The van der Waals surface area contributed by atoms with E-state index in [1.54, 1.807) is 6.33 Å². The lowest BCUT2D eigenvalue weighted by molar-refractivity contribution is 0.475. The first-order chi connectivity index (χ1) is 11.8. The molecule has 0 atom stereocenters. The molecule has 0 aliphatic carbocycles. The second-order valence-corrected chi connectivity index (χ2v) is 6.22. The summed E-state index contributed by atoms with van der Waals surface area (Å²) < 4.78 is 2.01. The van der Waals surface area contributed by atoms with Crippen LogP contribution in [0.2, 0.25) is 0 Å². The molecular weight excluding hydrogens is 300 g/mol. The number of para-hydroxylation sites is 1. The van der Waals surface area contributed by atoms with Crippen molar-refractivity contribution in [1.82, 2.24) is 19.7 Å². The van der Waals surface area contributed by atoms with Gasteiger partial charge in [0.25, 0.3) is 0 Å². The van der Waals surface area contributed by atoms with Crippen molar-refractivity contribution >= 4 is 16.6 Å². The minimum atomic E-state index is 0.442. The predicted molar refractivity (Wildman–Crippen MR) is 91.6 cm³/mol. The van der Waals surface area contributed by atoms with Crippen molar-refractivity contribution < 1.29 is 0 Å². The quantitative estimate of drug-likeness (QED) is 0.726. The Hall–Kier alpha value is -2.94. The molecule has 4 rings (SSSR count). The van der Waals surface area contributed by atoms with E-state index in [0.717, 1.165) is 48.3 Å². The van der Waals surface area contributed by atoms with Crippen molar-refractivity contribution in [3.63, 3.8) is 0 Å². The maximum absolute atomic E-state index is 9.27. The fourth-order valence-electron chi connectivity index (χ4n) is 3.52. The molecule has 0 spiro atoms. The molecule has 0 radical (unpaired) electrons. The van der Waals surface area contributed by atoms with Crippen LogP contribution in [0.4, 0.5) is 5.69 Å². The number of nitrogens with zero attached hydrogens (tertiary/aromatic N) is 6. The van der Waals surface area contributed by atoms with Crippen molar-refractivity contribution in [3.8, 4) is 6.07 Å². The minimum absolute atomic E-state index is 0.442. The summed E-state index contributed by atoms with van der Waals surface area (Å²) in [7, 11) is 2.00. The first-order valence-corrected chi connectivity index (χ1v) is 8.15. The lowest BCUT2D eigenvalue weighted by Crippen LogP contribution is -2.33. The maximum atomic E-state index is 9.27. The summed E-state index contributed by atoms with van der Waals surface area (Å²) in [6, 6.07) is 12.1. The average Bonchev–Trinajstić information content (AvgIpc) is 3.07. The molecule has 1 saturated heterocycles. The number of piperidine rings is 1. The van der Waals surface area contributed by atoms with Gasteiger partial charge >= 0.3 is 0 Å². The highest BCUT2D eigenvalue weighted by Gasteiger charge is 2.25. The van der Waals surface area contributed by atoms with E-state index in [-0.39, 0.29) is 0 Å². The van der Waals surface area contributed by atoms with Gasteiger partial charge in [0.15, 0.2) is 0 Å². The van der Waals surface area contributed by atoms with Crippen molar-refractivity contribution in [2.45, 2.75) is 18.8 Å². The van der Waals surface area contributed by atoms with Crippen LogP contribution in [0.15, 0.2) is 36.7 Å². The fourth-order valence-corrected chi connectivity index (χ4v) is 3.52. The molecular formula is C18H18N6. The van der Waals surface area contributed by atoms with Gasteiger partial charge in [0, 0.05) is 37.1 Å². The van der Waals surface area contributed by atoms with E-state index < -0.39 is 0 Å². The molecule has 3 heterocycles. The molecule has 1 aliphatic rings. The first-order valence-electron chi connectivity index (χ1n) is 8.15. The molecule has 0 unspecified atom stereocenters. The summed E-state index contributed by atoms with van der Waals surface area (Å²) in [5, 5.41) is 18.6. The van der Waals surface area contributed by atoms with Gasteiger partial charge in [-0.2, -0.15) is 5.26 Å². The third kappa shape index (κ3) is 2.48. The number of anilines is 1. The zero-order valence-corrected chi connectivity index (χ0v) is 13.6. The lowest BCUT2D eigenvalue weighted by Gasteiger charge is -2.33. The van der Waals surface area contributed by atoms with Gasteiger partial charge in [0.2, 0.25) is 0 Å². The molecule has 6 heteroatoms. The second kappa shape index (κ2) is 5.93. The van der Waals surface area contributed by atoms with Crippen molar-refractivity contribution in [3.05, 3.63) is 48.2 Å². The summed E-state index contributed by atoms with van der Waals surface area (Å²) in [6.07, 6.45) is 3.83. The zero-order chi connectivity index (χ0) is 16.5. The summed E-state index contributed by atoms with van der Waals surface area (Å²) in [5.74, 6) is 1.50. The molecule has 1 aliphatic heterocycles. The number of nitriles is 1. The number of benzene rings is 1. The van der Waals surface area contributed by atoms with E-state index in [1.165, 1.54) is 0 Å². The standard InChI is InChI=1S/C18H18N6/c1-23-12-20-22-18(23)13-6-8-24(9-7-13)17-10-14(11-19)21-16-5-3-2-4-15(16)17/h2-5,10,12-13H,6-9H2,1H3. The summed E-state index contributed by atoms with van der Waals surface area (Å²) in [5.41, 5.74) is 2.45. The van der Waals surface area contributed by atoms with Crippen LogP contribution in [-0.4, -0.2) is 32.8 Å². The summed E-state index contributed by atoms with van der Waals surface area (Å²) in [4.78, 5) is 6.77. The molecule has 2 aromatic heterocycles. The van der Waals surface area contributed by atoms with Gasteiger partial charge < -0.3 is 9.47 Å². The lowest BCUT2D eigenvalue weighted by atomic mass is 9.95. The van der Waals surface area contributed by atoms with E-state index in [0.29, 0.717) is 11.6 Å². The normalized spacial score (nSPS) is 15.6. The highest BCUT2D eigenvalue weighted by Crippen LogP contribution is 2.33. The minimum Gasteiger partial charge on any atom is -0.371 e. The number of hydrogen-bond donors (Lipinski definition) is 0. The van der Waals surface area contributed by atoms with Crippen LogP contribution in [-0.2, 0) is 7.05 Å². The molecule has 0 N–H and O–H groups in total. The van der Waals surface area contributed by atoms with Crippen LogP contribution in [0, 0.1) is 11.3 Å². The number of aromatic nitrogens is 4. The number of hydrogen-bond acceptors (Lipinski definition) is 5. The Balaban J connectivity index is 1.63. The number of fused-ring (bicyclic) bond motifs is 1. The van der Waals surface area contributed by atoms with E-state index in [1.807, 2.05) is 35.9 Å². The number of rotatable bonds is 2. The Labute approximate surface area is 140 Å². The van der Waals surface area contributed by atoms with Crippen LogP contribution in [0.5, 0.6) is 0 Å². The fraction of sp³-hybridized carbons (Fsp3) is 0.333. The smallest absolute Gasteiger partial charge is 0.143 e. The Bertz CT molecular complexity index is 915. The largest absolute Gasteiger partial charge is 0.371 e. The van der Waals surface area contributed by atoms with Crippen LogP contribution in [0.1, 0.15) is 30.3 Å². The van der Waals surface area contributed by atoms with Gasteiger partial charge in [-0.1, -0.05) is 18.2 Å². The van der Waals surface area contributed by atoms with Gasteiger partial charge in [0.1, 0.15) is 23.9 Å². The average molecular weight is 318 g/mol. The molecule has 3 aromatic rings. The monoisotopic (exact) mass is 318 g/mol. The van der Waals surface area contributed by atoms with Gasteiger partial charge in [-0.05, 0) is 25.0 Å². The molecule has 0 bridgehead atoms. The highest BCUT2D eigenvalue weighted by atomic mass is 15.3. The third-order valence-corrected chi connectivity index (χ3v) is 4.76. The molecule has 120 valence electrons. The number of pyridine rings is 1. The van der Waals surface area contributed by atoms with Gasteiger partial charge in [-0.15, -0.1) is 10.2 Å². The molecule has 24 heavy (non-hydrogen) atoms. The van der Waals surface area contributed by atoms with Crippen molar-refractivity contribution in [2.75, 3.05) is 18.0 Å². The van der Waals surface area contributed by atoms with E-state index in [2.05, 4.69) is 32.2 Å². The van der Waals surface area contributed by atoms with Crippen LogP contribution >= 0.6 is 0 Å². The van der Waals surface area contributed by atoms with Crippen molar-refractivity contribution in [2.24, 2.45) is 7.05 Å². The summed E-state index contributed by atoms with van der Waals surface area (Å²) in [6.45, 7) is 1.88. The second-order valence-electron chi connectivity index (χ2n) is 6.22. The first kappa shape index (κ1) is 14.6. The Kier molecular flexibility index (Phi) is 3.62. The van der Waals surface area contributed by atoms with Gasteiger partial charge in [-0.3, -0.25) is 0 Å².